The quantitative estimate of drug-likeness (QED) is 0.572. The van der Waals surface area contributed by atoms with Gasteiger partial charge in [0.2, 0.25) is 0 Å². The maximum atomic E-state index is 12.7. The molecule has 1 N–H and O–H groups in total. The van der Waals surface area contributed by atoms with Crippen molar-refractivity contribution in [1.29, 1.82) is 0 Å². The van der Waals surface area contributed by atoms with Gasteiger partial charge in [0.15, 0.2) is 5.78 Å². The van der Waals surface area contributed by atoms with E-state index in [2.05, 4.69) is 15.4 Å². The molecule has 0 unspecified atom stereocenters. The van der Waals surface area contributed by atoms with E-state index in [1.165, 1.54) is 19.5 Å². The Hall–Kier alpha value is -3.74. The lowest BCUT2D eigenvalue weighted by Gasteiger charge is -2.09. The molecule has 128 valence electrons. The van der Waals surface area contributed by atoms with Gasteiger partial charge < -0.3 is 9.73 Å². The summed E-state index contributed by atoms with van der Waals surface area (Å²) in [6.45, 7) is 1.48. The molecule has 0 bridgehead atoms. The number of carbonyl (C=O) groups excluding carboxylic acids is 2. The zero-order valence-corrected chi connectivity index (χ0v) is 13.8. The molecule has 2 aromatic carbocycles. The van der Waals surface area contributed by atoms with Crippen molar-refractivity contribution < 1.29 is 14.0 Å². The maximum absolute atomic E-state index is 12.7. The van der Waals surface area contributed by atoms with Crippen LogP contribution in [0, 0.1) is 0 Å². The zero-order chi connectivity index (χ0) is 18.1. The molecular formula is C19H14N4O3. The van der Waals surface area contributed by atoms with Gasteiger partial charge in [-0.15, -0.1) is 0 Å². The fraction of sp³-hybridized carbons (Fsp3) is 0.0526. The van der Waals surface area contributed by atoms with Crippen molar-refractivity contribution in [3.8, 4) is 5.69 Å². The summed E-state index contributed by atoms with van der Waals surface area (Å²) >= 11 is 0. The van der Waals surface area contributed by atoms with Crippen LogP contribution in [0.15, 0.2) is 65.8 Å². The van der Waals surface area contributed by atoms with Crippen LogP contribution in [0.25, 0.3) is 16.7 Å². The number of benzene rings is 2. The first kappa shape index (κ1) is 15.8. The van der Waals surface area contributed by atoms with Gasteiger partial charge in [-0.1, -0.05) is 12.1 Å². The number of amides is 1. The summed E-state index contributed by atoms with van der Waals surface area (Å²) in [4.78, 5) is 28.2. The van der Waals surface area contributed by atoms with E-state index in [-0.39, 0.29) is 11.7 Å². The Kier molecular flexibility index (Phi) is 3.81. The van der Waals surface area contributed by atoms with E-state index in [1.807, 2.05) is 0 Å². The fourth-order valence-electron chi connectivity index (χ4n) is 2.77. The minimum absolute atomic E-state index is 0.0632. The number of nitrogens with one attached hydrogen (secondary N) is 1. The third kappa shape index (κ3) is 2.75. The number of anilines is 1. The van der Waals surface area contributed by atoms with Gasteiger partial charge in [-0.05, 0) is 37.3 Å². The van der Waals surface area contributed by atoms with Gasteiger partial charge >= 0.3 is 0 Å². The van der Waals surface area contributed by atoms with Crippen LogP contribution in [0.1, 0.15) is 27.6 Å². The van der Waals surface area contributed by atoms with E-state index in [1.54, 1.807) is 53.5 Å². The molecule has 0 radical (unpaired) electrons. The monoisotopic (exact) mass is 346 g/mol. The molecule has 7 heteroatoms. The van der Waals surface area contributed by atoms with Crippen LogP contribution in [-0.4, -0.2) is 26.5 Å². The second kappa shape index (κ2) is 6.29. The Labute approximate surface area is 148 Å². The average Bonchev–Trinajstić information content (AvgIpc) is 3.33. The standard InChI is InChI=1S/C19H14N4O3/c1-12(24)13-3-2-4-14(9-13)22-19(25)16-5-6-17(23-11-20-10-21-23)15-7-8-26-18(15)16/h2-11H,1H3,(H,22,25). The normalized spacial score (nSPS) is 10.8. The maximum Gasteiger partial charge on any atom is 0.259 e. The number of aromatic nitrogens is 3. The highest BCUT2D eigenvalue weighted by molar-refractivity contribution is 6.12. The molecule has 0 saturated carbocycles. The van der Waals surface area contributed by atoms with Gasteiger partial charge in [-0.3, -0.25) is 9.59 Å². The molecule has 0 aliphatic heterocycles. The Balaban J connectivity index is 1.70. The number of ketones is 1. The van der Waals surface area contributed by atoms with E-state index in [4.69, 9.17) is 4.42 Å². The van der Waals surface area contributed by atoms with Crippen molar-refractivity contribution in [3.63, 3.8) is 0 Å². The first-order chi connectivity index (χ1) is 12.6. The van der Waals surface area contributed by atoms with Crippen molar-refractivity contribution in [3.05, 3.63) is 72.5 Å². The molecule has 0 aliphatic carbocycles. The molecule has 0 atom stereocenters. The van der Waals surface area contributed by atoms with Crippen molar-refractivity contribution in [1.82, 2.24) is 14.8 Å². The summed E-state index contributed by atoms with van der Waals surface area (Å²) in [5.74, 6) is -0.387. The van der Waals surface area contributed by atoms with E-state index in [0.29, 0.717) is 22.4 Å². The predicted molar refractivity (Wildman–Crippen MR) is 95.5 cm³/mol. The first-order valence-electron chi connectivity index (χ1n) is 7.91. The Morgan fingerprint density at radius 2 is 2.04 bits per heavy atom. The fourth-order valence-corrected chi connectivity index (χ4v) is 2.77. The largest absolute Gasteiger partial charge is 0.463 e. The molecule has 4 rings (SSSR count). The second-order valence-corrected chi connectivity index (χ2v) is 5.73. The number of hydrogen-bond donors (Lipinski definition) is 1. The summed E-state index contributed by atoms with van der Waals surface area (Å²) in [6, 6.07) is 12.0. The highest BCUT2D eigenvalue weighted by Gasteiger charge is 2.17. The molecular weight excluding hydrogens is 332 g/mol. The molecule has 2 heterocycles. The minimum Gasteiger partial charge on any atom is -0.463 e. The Morgan fingerprint density at radius 3 is 2.81 bits per heavy atom. The smallest absolute Gasteiger partial charge is 0.259 e. The molecule has 26 heavy (non-hydrogen) atoms. The predicted octanol–water partition coefficient (Wildman–Crippen LogP) is 3.47. The van der Waals surface area contributed by atoms with Crippen molar-refractivity contribution >= 4 is 28.3 Å². The lowest BCUT2D eigenvalue weighted by atomic mass is 10.1. The van der Waals surface area contributed by atoms with Gasteiger partial charge in [0.05, 0.1) is 17.5 Å². The molecule has 0 spiro atoms. The number of carbonyl (C=O) groups is 2. The lowest BCUT2D eigenvalue weighted by molar-refractivity contribution is 0.101. The van der Waals surface area contributed by atoms with Crippen molar-refractivity contribution in [2.24, 2.45) is 0 Å². The third-order valence-corrected chi connectivity index (χ3v) is 4.03. The summed E-state index contributed by atoms with van der Waals surface area (Å²) < 4.78 is 7.14. The van der Waals surface area contributed by atoms with Gasteiger partial charge in [0.1, 0.15) is 18.2 Å². The summed E-state index contributed by atoms with van der Waals surface area (Å²) in [5.41, 5.74) is 2.69. The SMILES string of the molecule is CC(=O)c1cccc(NC(=O)c2ccc(-n3cncn3)c3ccoc23)c1. The van der Waals surface area contributed by atoms with Gasteiger partial charge in [0, 0.05) is 16.6 Å². The van der Waals surface area contributed by atoms with Gasteiger partial charge in [0.25, 0.3) is 5.91 Å². The summed E-state index contributed by atoms with van der Waals surface area (Å²) in [7, 11) is 0. The molecule has 4 aromatic rings. The average molecular weight is 346 g/mol. The lowest BCUT2D eigenvalue weighted by Crippen LogP contribution is -2.13. The van der Waals surface area contributed by atoms with Crippen LogP contribution in [-0.2, 0) is 0 Å². The third-order valence-electron chi connectivity index (χ3n) is 4.03. The van der Waals surface area contributed by atoms with Crippen LogP contribution in [0.5, 0.6) is 0 Å². The number of furan rings is 1. The van der Waals surface area contributed by atoms with E-state index in [9.17, 15) is 9.59 Å². The van der Waals surface area contributed by atoms with Crippen LogP contribution < -0.4 is 5.32 Å². The second-order valence-electron chi connectivity index (χ2n) is 5.73. The van der Waals surface area contributed by atoms with E-state index < -0.39 is 0 Å². The molecule has 0 fully saturated rings. The summed E-state index contributed by atoms with van der Waals surface area (Å²) in [6.07, 6.45) is 4.54. The van der Waals surface area contributed by atoms with Gasteiger partial charge in [-0.2, -0.15) is 5.10 Å². The Bertz CT molecular complexity index is 1110. The Morgan fingerprint density at radius 1 is 1.15 bits per heavy atom. The van der Waals surface area contributed by atoms with Crippen LogP contribution in [0.3, 0.4) is 0 Å². The van der Waals surface area contributed by atoms with Crippen molar-refractivity contribution in [2.45, 2.75) is 6.92 Å². The zero-order valence-electron chi connectivity index (χ0n) is 13.8. The van der Waals surface area contributed by atoms with Crippen molar-refractivity contribution in [2.75, 3.05) is 5.32 Å². The van der Waals surface area contributed by atoms with Crippen LogP contribution >= 0.6 is 0 Å². The number of rotatable bonds is 4. The van der Waals surface area contributed by atoms with Crippen LogP contribution in [0.4, 0.5) is 5.69 Å². The number of Topliss-reactive ketones (excluding diaryl/α,β-unsaturated/α-hetero) is 1. The number of hydrogen-bond acceptors (Lipinski definition) is 5. The first-order valence-corrected chi connectivity index (χ1v) is 7.91. The molecule has 0 saturated heterocycles. The molecule has 2 aromatic heterocycles. The topological polar surface area (TPSA) is 90.0 Å². The number of fused-ring (bicyclic) bond motifs is 1. The van der Waals surface area contributed by atoms with E-state index >= 15 is 0 Å². The minimum atomic E-state index is -0.323. The summed E-state index contributed by atoms with van der Waals surface area (Å²) in [5, 5.41) is 7.67. The molecule has 1 amide bonds. The van der Waals surface area contributed by atoms with E-state index in [0.717, 1.165) is 11.1 Å². The highest BCUT2D eigenvalue weighted by atomic mass is 16.3. The number of nitrogens with zero attached hydrogens (tertiary/aromatic N) is 3. The van der Waals surface area contributed by atoms with Gasteiger partial charge in [-0.25, -0.2) is 9.67 Å². The molecule has 7 nitrogen and oxygen atoms in total. The highest BCUT2D eigenvalue weighted by Crippen LogP contribution is 2.27. The van der Waals surface area contributed by atoms with Crippen LogP contribution in [0.2, 0.25) is 0 Å². The molecule has 0 aliphatic rings.